The van der Waals surface area contributed by atoms with Gasteiger partial charge in [0.05, 0.1) is 13.2 Å². The summed E-state index contributed by atoms with van der Waals surface area (Å²) in [5, 5.41) is 50.0. The molecule has 0 aromatic heterocycles. The molecule has 0 heterocycles. The normalized spacial score (nSPS) is 23.7. The van der Waals surface area contributed by atoms with Crippen molar-refractivity contribution < 1.29 is 58.3 Å². The lowest BCUT2D eigenvalue weighted by Gasteiger charge is -2.41. The smallest absolute Gasteiger partial charge is 0.457 e. The number of carbonyl (C=O) groups excluding carboxylic acids is 1. The van der Waals surface area contributed by atoms with E-state index in [0.717, 1.165) is 70.6 Å². The zero-order valence-corrected chi connectivity index (χ0v) is 34.6. The minimum atomic E-state index is -5.02. The molecule has 0 saturated heterocycles. The summed E-state index contributed by atoms with van der Waals surface area (Å²) in [5.74, 6) is -0.502. The number of hydrogen-bond donors (Lipinski definition) is 6. The third kappa shape index (κ3) is 26.0. The van der Waals surface area contributed by atoms with Crippen LogP contribution in [0, 0.1) is 0 Å². The minimum Gasteiger partial charge on any atom is -0.457 e. The molecule has 55 heavy (non-hydrogen) atoms. The fourth-order valence-corrected chi connectivity index (χ4v) is 7.08. The molecule has 6 atom stereocenters. The van der Waals surface area contributed by atoms with E-state index in [0.29, 0.717) is 13.0 Å². The van der Waals surface area contributed by atoms with E-state index in [2.05, 4.69) is 62.5 Å². The number of phosphoric acid groups is 1. The Morgan fingerprint density at radius 2 is 1.07 bits per heavy atom. The summed E-state index contributed by atoms with van der Waals surface area (Å²) < 4.78 is 34.0. The first kappa shape index (κ1) is 51.3. The van der Waals surface area contributed by atoms with Crippen molar-refractivity contribution in [1.82, 2.24) is 0 Å². The molecule has 0 aromatic rings. The van der Waals surface area contributed by atoms with E-state index in [1.54, 1.807) is 0 Å². The molecule has 0 radical (unpaired) electrons. The van der Waals surface area contributed by atoms with E-state index in [4.69, 9.17) is 18.5 Å². The zero-order valence-electron chi connectivity index (χ0n) is 33.7. The van der Waals surface area contributed by atoms with Gasteiger partial charge in [0.25, 0.3) is 0 Å². The van der Waals surface area contributed by atoms with Crippen LogP contribution in [0.1, 0.15) is 149 Å². The highest BCUT2D eigenvalue weighted by molar-refractivity contribution is 7.47. The molecule has 0 aliphatic heterocycles. The maximum absolute atomic E-state index is 12.8. The second-order valence-electron chi connectivity index (χ2n) is 14.5. The van der Waals surface area contributed by atoms with Gasteiger partial charge < -0.3 is 39.9 Å². The van der Waals surface area contributed by atoms with Gasteiger partial charge >= 0.3 is 13.8 Å². The first-order valence-corrected chi connectivity index (χ1v) is 22.5. The van der Waals surface area contributed by atoms with Crippen LogP contribution in [0.4, 0.5) is 0 Å². The van der Waals surface area contributed by atoms with Gasteiger partial charge in [-0.15, -0.1) is 0 Å². The van der Waals surface area contributed by atoms with Crippen molar-refractivity contribution in [2.24, 2.45) is 0 Å². The van der Waals surface area contributed by atoms with Gasteiger partial charge in [0, 0.05) is 13.0 Å². The topological polar surface area (TPSA) is 192 Å². The first-order valence-electron chi connectivity index (χ1n) is 21.0. The van der Waals surface area contributed by atoms with Gasteiger partial charge in [-0.3, -0.25) is 13.8 Å². The third-order valence-electron chi connectivity index (χ3n) is 9.47. The molecule has 1 saturated carbocycles. The Morgan fingerprint density at radius 3 is 1.64 bits per heavy atom. The van der Waals surface area contributed by atoms with Crippen molar-refractivity contribution in [3.8, 4) is 0 Å². The van der Waals surface area contributed by atoms with Crippen molar-refractivity contribution in [1.29, 1.82) is 0 Å². The average molecular weight is 803 g/mol. The average Bonchev–Trinajstić information content (AvgIpc) is 3.17. The van der Waals surface area contributed by atoms with Gasteiger partial charge in [-0.2, -0.15) is 0 Å². The van der Waals surface area contributed by atoms with Crippen molar-refractivity contribution in [3.05, 3.63) is 48.6 Å². The number of aliphatic hydroxyl groups is 5. The van der Waals surface area contributed by atoms with E-state index < -0.39 is 63.1 Å². The predicted octanol–water partition coefficient (Wildman–Crippen LogP) is 7.69. The molecular weight excluding hydrogens is 727 g/mol. The number of rotatable bonds is 34. The van der Waals surface area contributed by atoms with Crippen molar-refractivity contribution in [3.63, 3.8) is 0 Å². The number of ether oxygens (including phenoxy) is 2. The third-order valence-corrected chi connectivity index (χ3v) is 10.5. The maximum Gasteiger partial charge on any atom is 0.472 e. The number of esters is 1. The molecule has 12 nitrogen and oxygen atoms in total. The van der Waals surface area contributed by atoms with E-state index in [1.165, 1.54) is 51.4 Å². The highest BCUT2D eigenvalue weighted by Gasteiger charge is 2.51. The van der Waals surface area contributed by atoms with Crippen LogP contribution in [-0.4, -0.2) is 98.9 Å². The van der Waals surface area contributed by atoms with Gasteiger partial charge in [0.15, 0.2) is 0 Å². The summed E-state index contributed by atoms with van der Waals surface area (Å²) in [6.45, 7) is 4.09. The SMILES string of the molecule is CC/C=C\C/C=C\C/C=C\C/C=C\CCCCCCC(=O)OC(COCCCCCCCCCCCCC)COP(=O)(O)OC1C(O)C(O)C(O)C(O)C1O. The molecule has 6 N–H and O–H groups in total. The van der Waals surface area contributed by atoms with Crippen LogP contribution in [0.25, 0.3) is 0 Å². The fraction of sp³-hybridized carbons (Fsp3) is 0.786. The lowest BCUT2D eigenvalue weighted by molar-refractivity contribution is -0.220. The summed E-state index contributed by atoms with van der Waals surface area (Å²) in [5.41, 5.74) is 0. The zero-order chi connectivity index (χ0) is 40.6. The number of carbonyl (C=O) groups is 1. The van der Waals surface area contributed by atoms with Crippen molar-refractivity contribution in [2.75, 3.05) is 19.8 Å². The molecule has 0 amide bonds. The molecule has 1 fully saturated rings. The van der Waals surface area contributed by atoms with Gasteiger partial charge in [-0.1, -0.05) is 140 Å². The second kappa shape index (κ2) is 33.3. The number of hydrogen-bond acceptors (Lipinski definition) is 11. The molecule has 0 bridgehead atoms. The molecule has 1 aliphatic carbocycles. The molecule has 0 spiro atoms. The quantitative estimate of drug-likeness (QED) is 0.0161. The van der Waals surface area contributed by atoms with Crippen molar-refractivity contribution in [2.45, 2.75) is 191 Å². The molecule has 1 rings (SSSR count). The monoisotopic (exact) mass is 802 g/mol. The summed E-state index contributed by atoms with van der Waals surface area (Å²) in [4.78, 5) is 23.1. The van der Waals surface area contributed by atoms with Crippen molar-refractivity contribution >= 4 is 13.8 Å². The molecule has 6 unspecified atom stereocenters. The molecule has 320 valence electrons. The van der Waals surface area contributed by atoms with Crippen LogP contribution in [0.2, 0.25) is 0 Å². The van der Waals surface area contributed by atoms with E-state index in [1.807, 2.05) is 0 Å². The summed E-state index contributed by atoms with van der Waals surface area (Å²) in [6, 6.07) is 0. The Balaban J connectivity index is 2.46. The van der Waals surface area contributed by atoms with Gasteiger partial charge in [0.1, 0.15) is 42.7 Å². The van der Waals surface area contributed by atoms with Gasteiger partial charge in [-0.25, -0.2) is 4.57 Å². The molecule has 0 aromatic carbocycles. The van der Waals surface area contributed by atoms with Crippen LogP contribution < -0.4 is 0 Å². The lowest BCUT2D eigenvalue weighted by atomic mass is 9.85. The van der Waals surface area contributed by atoms with Crippen LogP contribution in [0.15, 0.2) is 48.6 Å². The standard InChI is InChI=1S/C42H75O12P/c1-3-5-7-9-11-13-15-16-17-18-19-20-21-23-25-27-29-31-36(43)53-35(33-51-32-30-28-26-24-22-14-12-10-8-6-4-2)34-52-55(49,50)54-42-40(47)38(45)37(44)39(46)41(42)48/h5,7,11,13,16-17,19-20,35,37-42,44-48H,3-4,6,8-10,12,14-15,18,21-34H2,1-2H3,(H,49,50)/b7-5-,13-11-,17-16-,20-19-. The van der Waals surface area contributed by atoms with E-state index >= 15 is 0 Å². The highest BCUT2D eigenvalue weighted by atomic mass is 31.2. The Bertz CT molecular complexity index is 1100. The Kier molecular flexibility index (Phi) is 31.1. The van der Waals surface area contributed by atoms with Crippen LogP contribution in [0.5, 0.6) is 0 Å². The largest absolute Gasteiger partial charge is 0.472 e. The first-order chi connectivity index (χ1) is 26.5. The maximum atomic E-state index is 12.8. The van der Waals surface area contributed by atoms with Gasteiger partial charge in [-0.05, 0) is 51.4 Å². The predicted molar refractivity (Wildman–Crippen MR) is 216 cm³/mol. The molecule has 1 aliphatic rings. The van der Waals surface area contributed by atoms with Gasteiger partial charge in [0.2, 0.25) is 0 Å². The van der Waals surface area contributed by atoms with E-state index in [9.17, 15) is 39.8 Å². The Morgan fingerprint density at radius 1 is 0.600 bits per heavy atom. The number of phosphoric ester groups is 1. The van der Waals surface area contributed by atoms with Crippen LogP contribution in [0.3, 0.4) is 0 Å². The molecular formula is C42H75O12P. The number of unbranched alkanes of at least 4 members (excludes halogenated alkanes) is 14. The van der Waals surface area contributed by atoms with Crippen LogP contribution >= 0.6 is 7.82 Å². The summed E-state index contributed by atoms with van der Waals surface area (Å²) in [7, 11) is -5.02. The van der Waals surface area contributed by atoms with E-state index in [-0.39, 0.29) is 13.0 Å². The lowest BCUT2D eigenvalue weighted by Crippen LogP contribution is -2.64. The number of aliphatic hydroxyl groups excluding tert-OH is 5. The molecule has 13 heteroatoms. The Labute approximate surface area is 331 Å². The minimum absolute atomic E-state index is 0.0866. The summed E-state index contributed by atoms with van der Waals surface area (Å²) in [6.07, 6.45) is 26.1. The fourth-order valence-electron chi connectivity index (χ4n) is 6.11. The second-order valence-corrected chi connectivity index (χ2v) is 15.9. The van der Waals surface area contributed by atoms with Crippen LogP contribution in [-0.2, 0) is 27.9 Å². The Hall–Kier alpha value is -1.70. The summed E-state index contributed by atoms with van der Waals surface area (Å²) >= 11 is 0. The number of allylic oxidation sites excluding steroid dienone is 8. The highest BCUT2D eigenvalue weighted by Crippen LogP contribution is 2.47.